The second-order valence-corrected chi connectivity index (χ2v) is 7.88. The van der Waals surface area contributed by atoms with E-state index in [-0.39, 0.29) is 12.5 Å². The Morgan fingerprint density at radius 1 is 1.20 bits per heavy atom. The highest BCUT2D eigenvalue weighted by molar-refractivity contribution is 6.09. The van der Waals surface area contributed by atoms with E-state index < -0.39 is 17.5 Å². The number of urea groups is 1. The van der Waals surface area contributed by atoms with Crippen molar-refractivity contribution in [3.8, 4) is 11.5 Å². The summed E-state index contributed by atoms with van der Waals surface area (Å²) in [6, 6.07) is 4.61. The Balaban J connectivity index is 1.53. The van der Waals surface area contributed by atoms with E-state index >= 15 is 0 Å². The average Bonchev–Trinajstić information content (AvgIpc) is 2.98. The maximum absolute atomic E-state index is 13.2. The lowest BCUT2D eigenvalue weighted by atomic mass is 9.91. The van der Waals surface area contributed by atoms with Gasteiger partial charge < -0.3 is 19.7 Å². The molecule has 0 saturated carbocycles. The molecule has 2 heterocycles. The Morgan fingerprint density at radius 2 is 1.97 bits per heavy atom. The molecular weight excluding hydrogens is 386 g/mol. The van der Waals surface area contributed by atoms with Gasteiger partial charge in [0.25, 0.3) is 5.91 Å². The van der Waals surface area contributed by atoms with Crippen molar-refractivity contribution in [1.29, 1.82) is 0 Å². The molecule has 30 heavy (non-hydrogen) atoms. The van der Waals surface area contributed by atoms with Crippen LogP contribution in [0.25, 0.3) is 0 Å². The number of carbonyl (C=O) groups is 3. The number of allylic oxidation sites excluding steroid dienone is 2. The van der Waals surface area contributed by atoms with E-state index in [1.165, 1.54) is 0 Å². The molecule has 1 aliphatic carbocycles. The van der Waals surface area contributed by atoms with E-state index in [4.69, 9.17) is 9.47 Å². The van der Waals surface area contributed by atoms with E-state index in [1.807, 2.05) is 6.92 Å². The molecule has 8 nitrogen and oxygen atoms in total. The monoisotopic (exact) mass is 413 g/mol. The summed E-state index contributed by atoms with van der Waals surface area (Å²) in [5.41, 5.74) is 0.298. The number of hydrogen-bond donors (Lipinski definition) is 1. The highest BCUT2D eigenvalue weighted by Crippen LogP contribution is 2.37. The van der Waals surface area contributed by atoms with Crippen LogP contribution in [0.5, 0.6) is 11.5 Å². The minimum atomic E-state index is -1.27. The number of hydrogen-bond acceptors (Lipinski definition) is 5. The molecule has 0 aromatic heterocycles. The largest absolute Gasteiger partial charge is 0.486 e. The fourth-order valence-electron chi connectivity index (χ4n) is 4.22. The van der Waals surface area contributed by atoms with E-state index in [0.29, 0.717) is 36.8 Å². The Bertz CT molecular complexity index is 912. The van der Waals surface area contributed by atoms with Crippen LogP contribution in [-0.2, 0) is 15.1 Å². The van der Waals surface area contributed by atoms with Gasteiger partial charge in [-0.1, -0.05) is 12.1 Å². The number of rotatable bonds is 5. The molecule has 0 radical (unpaired) electrons. The smallest absolute Gasteiger partial charge is 0.325 e. The SMILES string of the molecule is CCN(C(=O)CN1C(=O)N[C@@](C)(c2ccc3c(c2)OCCO3)C1=O)C1=CCCCC1. The van der Waals surface area contributed by atoms with Crippen molar-refractivity contribution in [1.82, 2.24) is 15.1 Å². The molecule has 1 aromatic rings. The van der Waals surface area contributed by atoms with Gasteiger partial charge in [-0.15, -0.1) is 0 Å². The molecule has 0 spiro atoms. The van der Waals surface area contributed by atoms with E-state index in [1.54, 1.807) is 30.0 Å². The van der Waals surface area contributed by atoms with Crippen LogP contribution in [-0.4, -0.2) is 53.9 Å². The fourth-order valence-corrected chi connectivity index (χ4v) is 4.22. The van der Waals surface area contributed by atoms with Gasteiger partial charge in [0, 0.05) is 12.2 Å². The van der Waals surface area contributed by atoms with Crippen LogP contribution in [0.1, 0.15) is 45.1 Å². The van der Waals surface area contributed by atoms with E-state index in [9.17, 15) is 14.4 Å². The van der Waals surface area contributed by atoms with Crippen LogP contribution < -0.4 is 14.8 Å². The van der Waals surface area contributed by atoms with Crippen LogP contribution in [0.4, 0.5) is 4.79 Å². The van der Waals surface area contributed by atoms with Gasteiger partial charge in [0.15, 0.2) is 11.5 Å². The lowest BCUT2D eigenvalue weighted by molar-refractivity contribution is -0.138. The molecular formula is C22H27N3O5. The van der Waals surface area contributed by atoms with Crippen LogP contribution >= 0.6 is 0 Å². The molecule has 2 aliphatic heterocycles. The van der Waals surface area contributed by atoms with Crippen molar-refractivity contribution in [2.45, 2.75) is 45.1 Å². The minimum Gasteiger partial charge on any atom is -0.486 e. The van der Waals surface area contributed by atoms with Gasteiger partial charge in [-0.05, 0) is 57.2 Å². The number of ether oxygens (including phenoxy) is 2. The van der Waals surface area contributed by atoms with Gasteiger partial charge in [-0.25, -0.2) is 4.79 Å². The van der Waals surface area contributed by atoms with E-state index in [2.05, 4.69) is 11.4 Å². The van der Waals surface area contributed by atoms with Crippen LogP contribution in [0.3, 0.4) is 0 Å². The molecule has 1 atom stereocenters. The zero-order chi connectivity index (χ0) is 21.3. The number of fused-ring (bicyclic) bond motifs is 1. The van der Waals surface area contributed by atoms with Gasteiger partial charge in [0.1, 0.15) is 25.3 Å². The molecule has 8 heteroatoms. The van der Waals surface area contributed by atoms with E-state index in [0.717, 1.165) is 36.3 Å². The van der Waals surface area contributed by atoms with Gasteiger partial charge in [0.05, 0.1) is 0 Å². The molecule has 1 N–H and O–H groups in total. The number of nitrogens with zero attached hydrogens (tertiary/aromatic N) is 2. The van der Waals surface area contributed by atoms with Crippen molar-refractivity contribution in [2.24, 2.45) is 0 Å². The van der Waals surface area contributed by atoms with Crippen LogP contribution in [0, 0.1) is 0 Å². The Labute approximate surface area is 175 Å². The predicted octanol–water partition coefficient (Wildman–Crippen LogP) is 2.53. The first-order valence-corrected chi connectivity index (χ1v) is 10.5. The van der Waals surface area contributed by atoms with Gasteiger partial charge in [-0.3, -0.25) is 14.5 Å². The first-order valence-electron chi connectivity index (χ1n) is 10.5. The number of carbonyl (C=O) groups excluding carboxylic acids is 3. The summed E-state index contributed by atoms with van der Waals surface area (Å²) in [4.78, 5) is 41.5. The number of nitrogens with one attached hydrogen (secondary N) is 1. The number of amides is 4. The molecule has 1 fully saturated rings. The highest BCUT2D eigenvalue weighted by atomic mass is 16.6. The number of benzene rings is 1. The standard InChI is InChI=1S/C22H27N3O5/c1-3-24(16-7-5-4-6-8-16)19(26)14-25-20(27)22(2,23-21(25)28)15-9-10-17-18(13-15)30-12-11-29-17/h7,9-10,13H,3-6,8,11-12,14H2,1-2H3,(H,23,28)/t22-/m0/s1. The second-order valence-electron chi connectivity index (χ2n) is 7.88. The third kappa shape index (κ3) is 3.51. The van der Waals surface area contributed by atoms with Gasteiger partial charge >= 0.3 is 6.03 Å². The van der Waals surface area contributed by atoms with Crippen LogP contribution in [0.15, 0.2) is 30.0 Å². The third-order valence-electron chi connectivity index (χ3n) is 5.92. The fraction of sp³-hybridized carbons (Fsp3) is 0.500. The minimum absolute atomic E-state index is 0.249. The van der Waals surface area contributed by atoms with Crippen molar-refractivity contribution in [3.63, 3.8) is 0 Å². The number of likely N-dealkylation sites (N-methyl/N-ethyl adjacent to an activating group) is 1. The van der Waals surface area contributed by atoms with Crippen molar-refractivity contribution in [3.05, 3.63) is 35.5 Å². The van der Waals surface area contributed by atoms with Gasteiger partial charge in [-0.2, -0.15) is 0 Å². The second kappa shape index (κ2) is 8.01. The van der Waals surface area contributed by atoms with Crippen LogP contribution in [0.2, 0.25) is 0 Å². The number of imide groups is 1. The third-order valence-corrected chi connectivity index (χ3v) is 5.92. The lowest BCUT2D eigenvalue weighted by Gasteiger charge is -2.28. The molecule has 0 bridgehead atoms. The lowest BCUT2D eigenvalue weighted by Crippen LogP contribution is -2.44. The quantitative estimate of drug-likeness (QED) is 0.750. The molecule has 0 unspecified atom stereocenters. The highest BCUT2D eigenvalue weighted by Gasteiger charge is 2.50. The molecule has 160 valence electrons. The Kier molecular flexibility index (Phi) is 5.40. The summed E-state index contributed by atoms with van der Waals surface area (Å²) >= 11 is 0. The molecule has 1 aromatic carbocycles. The van der Waals surface area contributed by atoms with Crippen molar-refractivity contribution < 1.29 is 23.9 Å². The normalized spacial score (nSPS) is 23.1. The predicted molar refractivity (Wildman–Crippen MR) is 109 cm³/mol. The topological polar surface area (TPSA) is 88.2 Å². The van der Waals surface area contributed by atoms with Crippen molar-refractivity contribution >= 4 is 17.8 Å². The summed E-state index contributed by atoms with van der Waals surface area (Å²) < 4.78 is 11.1. The summed E-state index contributed by atoms with van der Waals surface area (Å²) in [5.74, 6) is 0.446. The molecule has 3 aliphatic rings. The Hall–Kier alpha value is -3.03. The first kappa shape index (κ1) is 20.3. The molecule has 1 saturated heterocycles. The van der Waals surface area contributed by atoms with Gasteiger partial charge in [0.2, 0.25) is 5.91 Å². The molecule has 4 rings (SSSR count). The zero-order valence-corrected chi connectivity index (χ0v) is 17.4. The molecule has 4 amide bonds. The maximum Gasteiger partial charge on any atom is 0.325 e. The summed E-state index contributed by atoms with van der Waals surface area (Å²) in [5, 5.41) is 2.75. The zero-order valence-electron chi connectivity index (χ0n) is 17.4. The summed E-state index contributed by atoms with van der Waals surface area (Å²) in [6.07, 6.45) is 6.03. The van der Waals surface area contributed by atoms with Crippen molar-refractivity contribution in [2.75, 3.05) is 26.3 Å². The summed E-state index contributed by atoms with van der Waals surface area (Å²) in [6.45, 7) is 4.67. The maximum atomic E-state index is 13.2. The first-order chi connectivity index (χ1) is 14.4. The summed E-state index contributed by atoms with van der Waals surface area (Å²) in [7, 11) is 0. The Morgan fingerprint density at radius 3 is 2.67 bits per heavy atom. The average molecular weight is 413 g/mol.